The molecule has 0 aliphatic rings. The lowest BCUT2D eigenvalue weighted by atomic mass is 10.1. The van der Waals surface area contributed by atoms with Crippen LogP contribution in [-0.2, 0) is 14.8 Å². The van der Waals surface area contributed by atoms with Gasteiger partial charge in [-0.3, -0.25) is 14.4 Å². The quantitative estimate of drug-likeness (QED) is 0.436. The predicted octanol–water partition coefficient (Wildman–Crippen LogP) is 4.38. The van der Waals surface area contributed by atoms with Crippen LogP contribution in [0.5, 0.6) is 5.75 Å². The fourth-order valence-electron chi connectivity index (χ4n) is 3.12. The van der Waals surface area contributed by atoms with Gasteiger partial charge in [0.25, 0.3) is 5.91 Å². The van der Waals surface area contributed by atoms with E-state index in [1.165, 1.54) is 22.7 Å². The van der Waals surface area contributed by atoms with Crippen molar-refractivity contribution in [1.82, 2.24) is 4.98 Å². The molecule has 0 aliphatic carbocycles. The summed E-state index contributed by atoms with van der Waals surface area (Å²) >= 11 is 1.31. The zero-order chi connectivity index (χ0) is 22.7. The lowest BCUT2D eigenvalue weighted by Crippen LogP contribution is -2.24. The summed E-state index contributed by atoms with van der Waals surface area (Å²) in [5, 5.41) is 7.04. The molecule has 0 aliphatic heterocycles. The molecule has 7 nitrogen and oxygen atoms in total. The Kier molecular flexibility index (Phi) is 6.11. The van der Waals surface area contributed by atoms with Gasteiger partial charge in [0.15, 0.2) is 11.7 Å². The Hall–Kier alpha value is -3.43. The molecule has 0 saturated carbocycles. The minimum absolute atomic E-state index is 0.130. The van der Waals surface area contributed by atoms with Crippen LogP contribution < -0.4 is 14.4 Å². The van der Waals surface area contributed by atoms with Crippen molar-refractivity contribution in [3.05, 3.63) is 72.1 Å². The standard InChI is InChI=1S/C23H21N3O4S2/c1-26(32(2,28)29)18-12-10-17(11-13-18)20-15-31-23(24-20)25-22(27)14-30-21-9-5-7-16-6-3-4-8-19(16)21/h3-13,15H,14H2,1-2H3,(H,24,25,27). The van der Waals surface area contributed by atoms with Gasteiger partial charge in [-0.25, -0.2) is 13.4 Å². The molecule has 164 valence electrons. The van der Waals surface area contributed by atoms with Gasteiger partial charge >= 0.3 is 0 Å². The summed E-state index contributed by atoms with van der Waals surface area (Å²) < 4.78 is 30.3. The Morgan fingerprint density at radius 3 is 2.53 bits per heavy atom. The van der Waals surface area contributed by atoms with Gasteiger partial charge in [-0.2, -0.15) is 0 Å². The second kappa shape index (κ2) is 8.97. The third-order valence-corrected chi connectivity index (χ3v) is 6.85. The van der Waals surface area contributed by atoms with Crippen LogP contribution in [0, 0.1) is 0 Å². The van der Waals surface area contributed by atoms with Crippen molar-refractivity contribution in [2.75, 3.05) is 29.5 Å². The normalized spacial score (nSPS) is 11.3. The monoisotopic (exact) mass is 467 g/mol. The van der Waals surface area contributed by atoms with Gasteiger partial charge in [0.1, 0.15) is 5.75 Å². The van der Waals surface area contributed by atoms with Gasteiger partial charge in [-0.05, 0) is 23.6 Å². The van der Waals surface area contributed by atoms with Gasteiger partial charge in [-0.1, -0.05) is 48.5 Å². The van der Waals surface area contributed by atoms with Crippen molar-refractivity contribution in [3.63, 3.8) is 0 Å². The average molecular weight is 468 g/mol. The SMILES string of the molecule is CN(c1ccc(-c2csc(NC(=O)COc3cccc4ccccc34)n2)cc1)S(C)(=O)=O. The summed E-state index contributed by atoms with van der Waals surface area (Å²) in [5.74, 6) is 0.348. The molecule has 3 aromatic carbocycles. The van der Waals surface area contributed by atoms with Crippen molar-refractivity contribution < 1.29 is 17.9 Å². The van der Waals surface area contributed by atoms with Crippen LogP contribution in [0.3, 0.4) is 0 Å². The van der Waals surface area contributed by atoms with E-state index in [2.05, 4.69) is 10.3 Å². The van der Waals surface area contributed by atoms with Crippen molar-refractivity contribution in [2.45, 2.75) is 0 Å². The molecule has 1 amide bonds. The number of hydrogen-bond donors (Lipinski definition) is 1. The number of carbonyl (C=O) groups excluding carboxylic acids is 1. The van der Waals surface area contributed by atoms with Gasteiger partial charge in [0.2, 0.25) is 10.0 Å². The number of aromatic nitrogens is 1. The number of nitrogens with one attached hydrogen (secondary N) is 1. The summed E-state index contributed by atoms with van der Waals surface area (Å²) in [4.78, 5) is 16.8. The minimum Gasteiger partial charge on any atom is -0.483 e. The Bertz CT molecular complexity index is 1360. The fourth-order valence-corrected chi connectivity index (χ4v) is 4.36. The number of benzene rings is 3. The van der Waals surface area contributed by atoms with E-state index in [-0.39, 0.29) is 12.5 Å². The van der Waals surface area contributed by atoms with E-state index in [0.29, 0.717) is 22.3 Å². The zero-order valence-electron chi connectivity index (χ0n) is 17.5. The number of ether oxygens (including phenoxy) is 1. The predicted molar refractivity (Wildman–Crippen MR) is 129 cm³/mol. The van der Waals surface area contributed by atoms with Gasteiger partial charge in [0.05, 0.1) is 17.6 Å². The summed E-state index contributed by atoms with van der Waals surface area (Å²) in [6.45, 7) is -0.130. The highest BCUT2D eigenvalue weighted by atomic mass is 32.2. The molecule has 1 aromatic heterocycles. The molecule has 0 fully saturated rings. The lowest BCUT2D eigenvalue weighted by molar-refractivity contribution is -0.118. The maximum Gasteiger partial charge on any atom is 0.264 e. The molecule has 0 spiro atoms. The third-order valence-electron chi connectivity index (χ3n) is 4.88. The Morgan fingerprint density at radius 1 is 1.06 bits per heavy atom. The van der Waals surface area contributed by atoms with Crippen LogP contribution in [0.25, 0.3) is 22.0 Å². The minimum atomic E-state index is -3.32. The van der Waals surface area contributed by atoms with E-state index in [9.17, 15) is 13.2 Å². The molecule has 0 atom stereocenters. The molecule has 4 aromatic rings. The molecule has 4 rings (SSSR count). The average Bonchev–Trinajstić information content (AvgIpc) is 3.25. The topological polar surface area (TPSA) is 88.6 Å². The molecule has 0 bridgehead atoms. The summed E-state index contributed by atoms with van der Waals surface area (Å²) in [6, 6.07) is 20.6. The highest BCUT2D eigenvalue weighted by molar-refractivity contribution is 7.92. The van der Waals surface area contributed by atoms with E-state index in [4.69, 9.17) is 4.74 Å². The Morgan fingerprint density at radius 2 is 1.78 bits per heavy atom. The maximum atomic E-state index is 12.3. The molecule has 1 N–H and O–H groups in total. The number of anilines is 2. The van der Waals surface area contributed by atoms with E-state index in [1.54, 1.807) is 24.3 Å². The molecule has 0 saturated heterocycles. The molecular weight excluding hydrogens is 446 g/mol. The summed E-state index contributed by atoms with van der Waals surface area (Å²) in [6.07, 6.45) is 1.15. The van der Waals surface area contributed by atoms with Crippen LogP contribution >= 0.6 is 11.3 Å². The Balaban J connectivity index is 1.39. The van der Waals surface area contributed by atoms with Crippen LogP contribution in [-0.4, -0.2) is 39.2 Å². The smallest absolute Gasteiger partial charge is 0.264 e. The van der Waals surface area contributed by atoms with Crippen LogP contribution in [0.1, 0.15) is 0 Å². The maximum absolute atomic E-state index is 12.3. The number of thiazole rings is 1. The molecule has 0 radical (unpaired) electrons. The fraction of sp³-hybridized carbons (Fsp3) is 0.130. The van der Waals surface area contributed by atoms with Crippen LogP contribution in [0.2, 0.25) is 0 Å². The van der Waals surface area contributed by atoms with Crippen molar-refractivity contribution in [2.24, 2.45) is 0 Å². The number of amides is 1. The number of nitrogens with zero attached hydrogens (tertiary/aromatic N) is 2. The van der Waals surface area contributed by atoms with Crippen molar-refractivity contribution >= 4 is 48.9 Å². The molecular formula is C23H21N3O4S2. The molecule has 0 unspecified atom stereocenters. The molecule has 9 heteroatoms. The second-order valence-corrected chi connectivity index (χ2v) is 10.0. The van der Waals surface area contributed by atoms with Crippen molar-refractivity contribution in [1.29, 1.82) is 0 Å². The highest BCUT2D eigenvalue weighted by Gasteiger charge is 2.13. The first-order valence-corrected chi connectivity index (χ1v) is 12.4. The molecule has 32 heavy (non-hydrogen) atoms. The van der Waals surface area contributed by atoms with E-state index in [1.807, 2.05) is 47.8 Å². The van der Waals surface area contributed by atoms with E-state index >= 15 is 0 Å². The third kappa shape index (κ3) is 4.90. The lowest BCUT2D eigenvalue weighted by Gasteiger charge is -2.16. The summed E-state index contributed by atoms with van der Waals surface area (Å²) in [7, 11) is -1.82. The van der Waals surface area contributed by atoms with Gasteiger partial charge in [0, 0.05) is 23.4 Å². The van der Waals surface area contributed by atoms with Crippen LogP contribution in [0.15, 0.2) is 72.1 Å². The summed E-state index contributed by atoms with van der Waals surface area (Å²) in [5.41, 5.74) is 2.07. The van der Waals surface area contributed by atoms with Crippen LogP contribution in [0.4, 0.5) is 10.8 Å². The first-order chi connectivity index (χ1) is 15.3. The first kappa shape index (κ1) is 21.8. The first-order valence-electron chi connectivity index (χ1n) is 9.71. The Labute approximate surface area is 190 Å². The molecule has 1 heterocycles. The number of rotatable bonds is 7. The second-order valence-electron chi connectivity index (χ2n) is 7.13. The number of fused-ring (bicyclic) bond motifs is 1. The zero-order valence-corrected chi connectivity index (χ0v) is 19.1. The number of sulfonamides is 1. The van der Waals surface area contributed by atoms with Crippen molar-refractivity contribution in [3.8, 4) is 17.0 Å². The number of carbonyl (C=O) groups is 1. The van der Waals surface area contributed by atoms with Gasteiger partial charge in [-0.15, -0.1) is 11.3 Å². The highest BCUT2D eigenvalue weighted by Crippen LogP contribution is 2.28. The van der Waals surface area contributed by atoms with E-state index < -0.39 is 10.0 Å². The van der Waals surface area contributed by atoms with Gasteiger partial charge < -0.3 is 4.74 Å². The number of hydrogen-bond acceptors (Lipinski definition) is 6. The van der Waals surface area contributed by atoms with E-state index in [0.717, 1.165) is 22.6 Å². The largest absolute Gasteiger partial charge is 0.483 e.